The molecule has 0 aliphatic carbocycles. The Morgan fingerprint density at radius 1 is 1.31 bits per heavy atom. The first kappa shape index (κ1) is 21.8. The number of rotatable bonds is 5. The number of amides is 1. The molecule has 0 spiro atoms. The van der Waals surface area contributed by atoms with Gasteiger partial charge in [0.15, 0.2) is 5.69 Å². The van der Waals surface area contributed by atoms with Crippen LogP contribution in [-0.4, -0.2) is 39.0 Å². The molecule has 140 valence electrons. The molecular formula is C17H22Cl2N6O. The van der Waals surface area contributed by atoms with Gasteiger partial charge >= 0.3 is 0 Å². The predicted octanol–water partition coefficient (Wildman–Crippen LogP) is 2.29. The summed E-state index contributed by atoms with van der Waals surface area (Å²) in [4.78, 5) is 16.6. The van der Waals surface area contributed by atoms with Gasteiger partial charge in [0.1, 0.15) is 0 Å². The lowest BCUT2D eigenvalue weighted by Crippen LogP contribution is -2.31. The van der Waals surface area contributed by atoms with Gasteiger partial charge in [-0.1, -0.05) is 18.2 Å². The van der Waals surface area contributed by atoms with Crippen molar-refractivity contribution in [3.63, 3.8) is 0 Å². The molecule has 1 amide bonds. The fraction of sp³-hybridized carbons (Fsp3) is 0.294. The number of carbonyl (C=O) groups is 1. The minimum Gasteiger partial charge on any atom is -0.350 e. The third-order valence-electron chi connectivity index (χ3n) is 3.95. The van der Waals surface area contributed by atoms with Gasteiger partial charge < -0.3 is 11.1 Å². The van der Waals surface area contributed by atoms with E-state index in [4.69, 9.17) is 5.73 Å². The molecule has 0 saturated carbocycles. The summed E-state index contributed by atoms with van der Waals surface area (Å²) < 4.78 is 1.66. The highest BCUT2D eigenvalue weighted by Gasteiger charge is 2.17. The SMILES string of the molecule is Cc1c(C(=O)NCC(C)CN)nnn1-c1ccc2ncccc2c1.Cl.Cl. The summed E-state index contributed by atoms with van der Waals surface area (Å²) in [5.41, 5.74) is 8.33. The van der Waals surface area contributed by atoms with E-state index in [0.717, 1.165) is 16.6 Å². The molecule has 1 atom stereocenters. The van der Waals surface area contributed by atoms with Crippen LogP contribution in [0.4, 0.5) is 0 Å². The van der Waals surface area contributed by atoms with Gasteiger partial charge in [0.25, 0.3) is 5.91 Å². The van der Waals surface area contributed by atoms with Crippen LogP contribution in [0.2, 0.25) is 0 Å². The summed E-state index contributed by atoms with van der Waals surface area (Å²) in [7, 11) is 0. The topological polar surface area (TPSA) is 98.7 Å². The lowest BCUT2D eigenvalue weighted by molar-refractivity contribution is 0.0943. The standard InChI is InChI=1S/C17H20N6O.2ClH/c1-11(9-18)10-20-17(24)16-12(2)23(22-21-16)14-5-6-15-13(8-14)4-3-7-19-15;;/h3-8,11H,9-10,18H2,1-2H3,(H,20,24);2*1H. The number of nitrogens with two attached hydrogens (primary N) is 1. The molecule has 26 heavy (non-hydrogen) atoms. The highest BCUT2D eigenvalue weighted by molar-refractivity contribution is 5.93. The van der Waals surface area contributed by atoms with E-state index in [0.29, 0.717) is 24.5 Å². The second kappa shape index (κ2) is 9.47. The quantitative estimate of drug-likeness (QED) is 0.688. The van der Waals surface area contributed by atoms with Crippen molar-refractivity contribution in [2.45, 2.75) is 13.8 Å². The van der Waals surface area contributed by atoms with Crippen molar-refractivity contribution < 1.29 is 4.79 Å². The van der Waals surface area contributed by atoms with Crippen molar-refractivity contribution in [3.05, 3.63) is 47.9 Å². The van der Waals surface area contributed by atoms with Gasteiger partial charge in [-0.25, -0.2) is 4.68 Å². The summed E-state index contributed by atoms with van der Waals surface area (Å²) in [5.74, 6) is -0.0150. The van der Waals surface area contributed by atoms with Crippen LogP contribution >= 0.6 is 24.8 Å². The number of carbonyl (C=O) groups excluding carboxylic acids is 1. The fourth-order valence-corrected chi connectivity index (χ4v) is 2.41. The number of pyridine rings is 1. The van der Waals surface area contributed by atoms with Crippen molar-refractivity contribution in [2.24, 2.45) is 11.7 Å². The van der Waals surface area contributed by atoms with Gasteiger partial charge in [-0.15, -0.1) is 29.9 Å². The molecule has 3 N–H and O–H groups in total. The molecule has 3 rings (SSSR count). The summed E-state index contributed by atoms with van der Waals surface area (Å²) >= 11 is 0. The molecule has 0 aliphatic heterocycles. The van der Waals surface area contributed by atoms with Crippen LogP contribution in [0.25, 0.3) is 16.6 Å². The highest BCUT2D eigenvalue weighted by atomic mass is 35.5. The monoisotopic (exact) mass is 396 g/mol. The normalized spacial score (nSPS) is 11.3. The van der Waals surface area contributed by atoms with Gasteiger partial charge in [-0.3, -0.25) is 9.78 Å². The Morgan fingerprint density at radius 2 is 2.08 bits per heavy atom. The maximum absolute atomic E-state index is 12.3. The van der Waals surface area contributed by atoms with Crippen molar-refractivity contribution in [2.75, 3.05) is 13.1 Å². The molecule has 1 aromatic carbocycles. The number of aromatic nitrogens is 4. The van der Waals surface area contributed by atoms with E-state index < -0.39 is 0 Å². The van der Waals surface area contributed by atoms with E-state index in [-0.39, 0.29) is 36.6 Å². The third kappa shape index (κ3) is 4.49. The summed E-state index contributed by atoms with van der Waals surface area (Å²) in [6.07, 6.45) is 1.76. The van der Waals surface area contributed by atoms with Gasteiger partial charge in [-0.2, -0.15) is 0 Å². The van der Waals surface area contributed by atoms with E-state index in [2.05, 4.69) is 20.6 Å². The number of fused-ring (bicyclic) bond motifs is 1. The molecule has 0 aliphatic rings. The van der Waals surface area contributed by atoms with Gasteiger partial charge in [0.2, 0.25) is 0 Å². The van der Waals surface area contributed by atoms with E-state index in [1.54, 1.807) is 10.9 Å². The Bertz CT molecular complexity index is 883. The lowest BCUT2D eigenvalue weighted by atomic mass is 10.2. The Hall–Kier alpha value is -2.22. The molecule has 0 fully saturated rings. The van der Waals surface area contributed by atoms with E-state index >= 15 is 0 Å². The molecular weight excluding hydrogens is 375 g/mol. The zero-order chi connectivity index (χ0) is 17.1. The van der Waals surface area contributed by atoms with Crippen molar-refractivity contribution in [3.8, 4) is 5.69 Å². The first-order valence-electron chi connectivity index (χ1n) is 7.86. The maximum Gasteiger partial charge on any atom is 0.273 e. The van der Waals surface area contributed by atoms with E-state index in [1.165, 1.54) is 0 Å². The number of benzene rings is 1. The third-order valence-corrected chi connectivity index (χ3v) is 3.95. The molecule has 2 aromatic heterocycles. The first-order valence-corrected chi connectivity index (χ1v) is 7.86. The lowest BCUT2D eigenvalue weighted by Gasteiger charge is -2.09. The molecule has 9 heteroatoms. The van der Waals surface area contributed by atoms with E-state index in [1.807, 2.05) is 44.2 Å². The molecule has 0 bridgehead atoms. The minimum absolute atomic E-state index is 0. The van der Waals surface area contributed by atoms with Crippen LogP contribution in [0.5, 0.6) is 0 Å². The summed E-state index contributed by atoms with van der Waals surface area (Å²) in [5, 5.41) is 12.0. The largest absolute Gasteiger partial charge is 0.350 e. The zero-order valence-corrected chi connectivity index (χ0v) is 16.2. The summed E-state index contributed by atoms with van der Waals surface area (Å²) in [6.45, 7) is 4.85. The Balaban J connectivity index is 0.00000169. The Labute approximate surface area is 164 Å². The predicted molar refractivity (Wildman–Crippen MR) is 106 cm³/mol. The number of nitrogens with one attached hydrogen (secondary N) is 1. The maximum atomic E-state index is 12.3. The number of hydrogen-bond donors (Lipinski definition) is 2. The van der Waals surface area contributed by atoms with Gasteiger partial charge in [-0.05, 0) is 43.7 Å². The fourth-order valence-electron chi connectivity index (χ4n) is 2.41. The highest BCUT2D eigenvalue weighted by Crippen LogP contribution is 2.18. The number of nitrogens with zero attached hydrogens (tertiary/aromatic N) is 4. The van der Waals surface area contributed by atoms with Crippen LogP contribution in [0, 0.1) is 12.8 Å². The molecule has 0 radical (unpaired) electrons. The number of hydrogen-bond acceptors (Lipinski definition) is 5. The van der Waals surface area contributed by atoms with Crippen LogP contribution < -0.4 is 11.1 Å². The van der Waals surface area contributed by atoms with Gasteiger partial charge in [0, 0.05) is 18.1 Å². The second-order valence-corrected chi connectivity index (χ2v) is 5.87. The van der Waals surface area contributed by atoms with Gasteiger partial charge in [0.05, 0.1) is 16.9 Å². The molecule has 2 heterocycles. The molecule has 3 aromatic rings. The number of halogens is 2. The van der Waals surface area contributed by atoms with Crippen molar-refractivity contribution in [1.82, 2.24) is 25.3 Å². The smallest absolute Gasteiger partial charge is 0.273 e. The van der Waals surface area contributed by atoms with Crippen LogP contribution in [0.3, 0.4) is 0 Å². The average molecular weight is 397 g/mol. The van der Waals surface area contributed by atoms with Crippen LogP contribution in [0.15, 0.2) is 36.5 Å². The molecule has 7 nitrogen and oxygen atoms in total. The second-order valence-electron chi connectivity index (χ2n) is 5.87. The minimum atomic E-state index is -0.235. The van der Waals surface area contributed by atoms with Crippen molar-refractivity contribution in [1.29, 1.82) is 0 Å². The Kier molecular flexibility index (Phi) is 7.95. The molecule has 0 saturated heterocycles. The van der Waals surface area contributed by atoms with E-state index in [9.17, 15) is 4.79 Å². The molecule has 1 unspecified atom stereocenters. The first-order chi connectivity index (χ1) is 11.6. The Morgan fingerprint density at radius 3 is 2.81 bits per heavy atom. The zero-order valence-electron chi connectivity index (χ0n) is 14.5. The van der Waals surface area contributed by atoms with Crippen LogP contribution in [-0.2, 0) is 0 Å². The van der Waals surface area contributed by atoms with Crippen LogP contribution in [0.1, 0.15) is 23.1 Å². The average Bonchev–Trinajstić information content (AvgIpc) is 3.00. The summed E-state index contributed by atoms with van der Waals surface area (Å²) in [6, 6.07) is 9.68. The van der Waals surface area contributed by atoms with Crippen molar-refractivity contribution >= 4 is 41.6 Å².